The molecule has 80 valence electrons. The van der Waals surface area contributed by atoms with Crippen LogP contribution < -0.4 is 4.74 Å². The van der Waals surface area contributed by atoms with E-state index in [1.54, 1.807) is 0 Å². The van der Waals surface area contributed by atoms with Gasteiger partial charge in [0.1, 0.15) is 18.5 Å². The third-order valence-electron chi connectivity index (χ3n) is 2.04. The molecule has 0 amide bonds. The van der Waals surface area contributed by atoms with Crippen molar-refractivity contribution in [3.8, 4) is 5.75 Å². The lowest BCUT2D eigenvalue weighted by molar-refractivity contribution is 0.111. The van der Waals surface area contributed by atoms with Gasteiger partial charge in [-0.1, -0.05) is 0 Å². The van der Waals surface area contributed by atoms with Crippen LogP contribution in [0.5, 0.6) is 5.75 Å². The summed E-state index contributed by atoms with van der Waals surface area (Å²) in [6, 6.07) is 2.15. The monoisotopic (exact) mass is 214 g/mol. The number of benzene rings is 1. The summed E-state index contributed by atoms with van der Waals surface area (Å²) in [6.45, 7) is 0.839. The fraction of sp³-hybridized carbons (Fsp3) is 0.300. The Morgan fingerprint density at radius 3 is 2.87 bits per heavy atom. The molecule has 0 saturated carbocycles. The topological polar surface area (TPSA) is 38.8 Å². The Labute approximate surface area is 84.6 Å². The van der Waals surface area contributed by atoms with Crippen molar-refractivity contribution >= 4 is 6.29 Å². The lowest BCUT2D eigenvalue weighted by atomic mass is 10.2. The summed E-state index contributed by atoms with van der Waals surface area (Å²) in [5.41, 5.74) is -0.393. The van der Waals surface area contributed by atoms with Crippen molar-refractivity contribution in [3.05, 3.63) is 29.3 Å². The lowest BCUT2D eigenvalue weighted by Crippen LogP contribution is -2.07. The van der Waals surface area contributed by atoms with E-state index in [1.165, 1.54) is 6.07 Å². The van der Waals surface area contributed by atoms with Gasteiger partial charge >= 0.3 is 0 Å². The van der Waals surface area contributed by atoms with E-state index in [0.29, 0.717) is 6.61 Å². The maximum absolute atomic E-state index is 13.1. The van der Waals surface area contributed by atoms with Crippen molar-refractivity contribution in [1.29, 1.82) is 0 Å². The van der Waals surface area contributed by atoms with E-state index in [9.17, 15) is 13.6 Å². The molecule has 1 aliphatic rings. The number of rotatable bonds is 4. The van der Waals surface area contributed by atoms with Gasteiger partial charge in [0, 0.05) is 0 Å². The van der Waals surface area contributed by atoms with Crippen LogP contribution in [0.3, 0.4) is 0 Å². The summed E-state index contributed by atoms with van der Waals surface area (Å²) in [5, 5.41) is 0. The normalized spacial score (nSPS) is 18.7. The smallest absolute Gasteiger partial charge is 0.173 e. The highest BCUT2D eigenvalue weighted by atomic mass is 19.2. The number of ether oxygens (including phenoxy) is 2. The van der Waals surface area contributed by atoms with Crippen LogP contribution in [0.2, 0.25) is 0 Å². The Morgan fingerprint density at radius 1 is 1.53 bits per heavy atom. The van der Waals surface area contributed by atoms with Crippen molar-refractivity contribution in [2.45, 2.75) is 6.10 Å². The zero-order chi connectivity index (χ0) is 10.8. The van der Waals surface area contributed by atoms with Crippen LogP contribution in [-0.4, -0.2) is 25.6 Å². The number of epoxide rings is 1. The Hall–Kier alpha value is -1.49. The summed E-state index contributed by atoms with van der Waals surface area (Å²) in [4.78, 5) is 10.5. The van der Waals surface area contributed by atoms with Crippen molar-refractivity contribution < 1.29 is 23.0 Å². The number of aldehydes is 1. The Morgan fingerprint density at radius 2 is 2.27 bits per heavy atom. The molecule has 1 aromatic rings. The molecule has 0 aliphatic carbocycles. The summed E-state index contributed by atoms with van der Waals surface area (Å²) in [6.07, 6.45) is 0.235. The van der Waals surface area contributed by atoms with Gasteiger partial charge in [-0.05, 0) is 12.1 Å². The molecular weight excluding hydrogens is 206 g/mol. The Balaban J connectivity index is 2.20. The summed E-state index contributed by atoms with van der Waals surface area (Å²) < 4.78 is 35.8. The average Bonchev–Trinajstić information content (AvgIpc) is 3.03. The van der Waals surface area contributed by atoms with Gasteiger partial charge in [-0.25, -0.2) is 8.78 Å². The number of carbonyl (C=O) groups excluding carboxylic acids is 1. The zero-order valence-electron chi connectivity index (χ0n) is 7.70. The molecule has 15 heavy (non-hydrogen) atoms. The molecule has 1 fully saturated rings. The van der Waals surface area contributed by atoms with Crippen LogP contribution in [0.25, 0.3) is 0 Å². The SMILES string of the molecule is O=Cc1c(OC[C@@H]2CO2)ccc(F)c1F. The van der Waals surface area contributed by atoms with Crippen LogP contribution in [0.15, 0.2) is 12.1 Å². The van der Waals surface area contributed by atoms with Crippen LogP contribution >= 0.6 is 0 Å². The van der Waals surface area contributed by atoms with Gasteiger partial charge < -0.3 is 9.47 Å². The zero-order valence-corrected chi connectivity index (χ0v) is 7.70. The largest absolute Gasteiger partial charge is 0.490 e. The molecule has 1 saturated heterocycles. The quantitative estimate of drug-likeness (QED) is 0.564. The maximum Gasteiger partial charge on any atom is 0.173 e. The molecule has 0 spiro atoms. The van der Waals surface area contributed by atoms with Gasteiger partial charge in [0.05, 0.1) is 12.2 Å². The molecule has 1 heterocycles. The van der Waals surface area contributed by atoms with Gasteiger partial charge in [0.2, 0.25) is 0 Å². The van der Waals surface area contributed by atoms with Crippen molar-refractivity contribution in [2.24, 2.45) is 0 Å². The highest BCUT2D eigenvalue weighted by Crippen LogP contribution is 2.23. The molecule has 1 atom stereocenters. The van der Waals surface area contributed by atoms with E-state index in [0.717, 1.165) is 6.07 Å². The van der Waals surface area contributed by atoms with Gasteiger partial charge in [0.25, 0.3) is 0 Å². The lowest BCUT2D eigenvalue weighted by Gasteiger charge is -2.07. The van der Waals surface area contributed by atoms with Crippen LogP contribution in [0.4, 0.5) is 8.78 Å². The Bertz CT molecular complexity index is 388. The second-order valence-corrected chi connectivity index (χ2v) is 3.16. The summed E-state index contributed by atoms with van der Waals surface area (Å²) >= 11 is 0. The van der Waals surface area contributed by atoms with Gasteiger partial charge in [-0.3, -0.25) is 4.79 Å². The van der Waals surface area contributed by atoms with Gasteiger partial charge in [0.15, 0.2) is 17.9 Å². The first kappa shape index (κ1) is 10.0. The average molecular weight is 214 g/mol. The summed E-state index contributed by atoms with van der Waals surface area (Å²) in [7, 11) is 0. The third-order valence-corrected chi connectivity index (χ3v) is 2.04. The second-order valence-electron chi connectivity index (χ2n) is 3.16. The predicted molar refractivity (Wildman–Crippen MR) is 47.0 cm³/mol. The molecule has 0 unspecified atom stereocenters. The van der Waals surface area contributed by atoms with Crippen molar-refractivity contribution in [1.82, 2.24) is 0 Å². The maximum atomic E-state index is 13.1. The molecule has 0 N–H and O–H groups in total. The van der Waals surface area contributed by atoms with Gasteiger partial charge in [-0.15, -0.1) is 0 Å². The van der Waals surface area contributed by atoms with Crippen molar-refractivity contribution in [3.63, 3.8) is 0 Å². The number of hydrogen-bond acceptors (Lipinski definition) is 3. The van der Waals surface area contributed by atoms with E-state index in [2.05, 4.69) is 0 Å². The van der Waals surface area contributed by atoms with Crippen molar-refractivity contribution in [2.75, 3.05) is 13.2 Å². The van der Waals surface area contributed by atoms with E-state index in [4.69, 9.17) is 9.47 Å². The van der Waals surface area contributed by atoms with E-state index < -0.39 is 17.2 Å². The standard InChI is InChI=1S/C10H8F2O3/c11-8-1-2-9(7(3-13)10(8)12)15-5-6-4-14-6/h1-3,6H,4-5H2/t6-/m0/s1. The van der Waals surface area contributed by atoms with Crippen LogP contribution in [-0.2, 0) is 4.74 Å². The number of hydrogen-bond donors (Lipinski definition) is 0. The Kier molecular flexibility index (Phi) is 2.64. The molecule has 0 aromatic heterocycles. The number of halogens is 2. The molecule has 2 rings (SSSR count). The second kappa shape index (κ2) is 3.94. The molecule has 5 heteroatoms. The minimum Gasteiger partial charge on any atom is -0.490 e. The first-order valence-electron chi connectivity index (χ1n) is 4.40. The highest BCUT2D eigenvalue weighted by Gasteiger charge is 2.24. The third kappa shape index (κ3) is 2.12. The first-order valence-corrected chi connectivity index (χ1v) is 4.40. The minimum atomic E-state index is -1.18. The minimum absolute atomic E-state index is 0.00221. The first-order chi connectivity index (χ1) is 7.22. The molecule has 0 radical (unpaired) electrons. The van der Waals surface area contributed by atoms with E-state index >= 15 is 0 Å². The summed E-state index contributed by atoms with van der Waals surface area (Å²) in [5.74, 6) is -2.20. The van der Waals surface area contributed by atoms with Crippen LogP contribution in [0, 0.1) is 11.6 Å². The molecule has 1 aromatic carbocycles. The predicted octanol–water partition coefficient (Wildman–Crippen LogP) is 1.55. The van der Waals surface area contributed by atoms with E-state index in [1.807, 2.05) is 0 Å². The number of carbonyl (C=O) groups is 1. The fourth-order valence-corrected chi connectivity index (χ4v) is 1.13. The van der Waals surface area contributed by atoms with Gasteiger partial charge in [-0.2, -0.15) is 0 Å². The van der Waals surface area contributed by atoms with Crippen LogP contribution in [0.1, 0.15) is 10.4 Å². The fourth-order valence-electron chi connectivity index (χ4n) is 1.13. The highest BCUT2D eigenvalue weighted by molar-refractivity contribution is 5.79. The van der Waals surface area contributed by atoms with E-state index in [-0.39, 0.29) is 24.7 Å². The molecule has 3 nitrogen and oxygen atoms in total. The molecular formula is C10H8F2O3. The molecule has 1 aliphatic heterocycles. The molecule has 0 bridgehead atoms.